The zero-order chi connectivity index (χ0) is 19.2. The molecule has 0 amide bonds. The van der Waals surface area contributed by atoms with Gasteiger partial charge in [0.2, 0.25) is 0 Å². The van der Waals surface area contributed by atoms with Gasteiger partial charge in [-0.15, -0.1) is 0 Å². The van der Waals surface area contributed by atoms with E-state index in [0.29, 0.717) is 0 Å². The normalized spacial score (nSPS) is 9.72. The van der Waals surface area contributed by atoms with Crippen LogP contribution in [0.4, 0.5) is 39.5 Å². The monoisotopic (exact) mass is 440 g/mol. The van der Waals surface area contributed by atoms with Gasteiger partial charge in [-0.25, -0.2) is 0 Å². The summed E-state index contributed by atoms with van der Waals surface area (Å²) in [5, 5.41) is 43.3. The Balaban J connectivity index is -0.0000000116. The fourth-order valence-electron chi connectivity index (χ4n) is 0. The van der Waals surface area contributed by atoms with Crippen LogP contribution >= 0.6 is 0 Å². The van der Waals surface area contributed by atoms with Crippen LogP contribution in [0.25, 0.3) is 0 Å². The largest absolute Gasteiger partial charge is 2.00 e. The molecule has 0 aromatic rings. The quantitative estimate of drug-likeness (QED) is 0.214. The van der Waals surface area contributed by atoms with E-state index in [2.05, 4.69) is 0 Å². The molecule has 0 saturated heterocycles. The first-order valence-electron chi connectivity index (χ1n) is 4.48. The van der Waals surface area contributed by atoms with Crippen LogP contribution in [0.2, 0.25) is 0 Å². The maximum atomic E-state index is 10.5. The van der Waals surface area contributed by atoms with Crippen molar-refractivity contribution in [1.82, 2.24) is 0 Å². The first kappa shape index (κ1) is 45.3. The van der Waals surface area contributed by atoms with Gasteiger partial charge in [-0.3, -0.25) is 0 Å². The summed E-state index contributed by atoms with van der Waals surface area (Å²) in [7, 11) is -2.17. The molecule has 0 rings (SSSR count). The van der Waals surface area contributed by atoms with Gasteiger partial charge >= 0.3 is 95.0 Å². The number of aliphatic hydroxyl groups excluding tert-OH is 3. The molecule has 0 aliphatic carbocycles. The van der Waals surface area contributed by atoms with E-state index in [1.807, 2.05) is 0 Å². The molecule has 0 aromatic carbocycles. The van der Waals surface area contributed by atoms with Crippen LogP contribution in [0.5, 0.6) is 0 Å². The van der Waals surface area contributed by atoms with Gasteiger partial charge in [0.05, 0.1) is 0 Å². The zero-order valence-electron chi connectivity index (χ0n) is 18.4. The molecule has 0 atom stereocenters. The van der Waals surface area contributed by atoms with Crippen LogP contribution in [0.15, 0.2) is 0 Å². The maximum absolute atomic E-state index is 10.5. The van der Waals surface area contributed by atoms with Gasteiger partial charge in [-0.05, 0) is 0 Å². The molecule has 6 nitrogen and oxygen atoms in total. The second-order valence-corrected chi connectivity index (χ2v) is 2.67. The number of halogens is 9. The minimum absolute atomic E-state index is 0. The van der Waals surface area contributed by atoms with Crippen molar-refractivity contribution in [3.63, 3.8) is 0 Å². The van der Waals surface area contributed by atoms with Crippen molar-refractivity contribution in [1.29, 1.82) is 0 Å². The molecule has 0 unspecified atom stereocenters. The fourth-order valence-corrected chi connectivity index (χ4v) is 0. The van der Waals surface area contributed by atoms with Crippen LogP contribution in [0.1, 0.15) is 8.56 Å². The SMILES string of the molecule is OB(O)O.OCC(F)(F)F.OCC(F)(F)F.OCC(F)(F)F.[H-].[H-].[H-].[H-].[H-].[H-].[Mg+2].[Mg+2].[Mg+2]. The molecule has 0 heterocycles. The molecule has 0 aliphatic heterocycles. The number of rotatable bonds is 0. The van der Waals surface area contributed by atoms with Crippen molar-refractivity contribution >= 4 is 76.5 Å². The molecule has 6 N–H and O–H groups in total. The molecule has 0 spiro atoms. The van der Waals surface area contributed by atoms with Gasteiger partial charge in [-0.2, -0.15) is 39.5 Å². The van der Waals surface area contributed by atoms with E-state index in [-0.39, 0.29) is 77.7 Å². The van der Waals surface area contributed by atoms with Crippen molar-refractivity contribution in [2.75, 3.05) is 19.8 Å². The second kappa shape index (κ2) is 23.5. The number of hydrogen-bond donors (Lipinski definition) is 6. The van der Waals surface area contributed by atoms with Crippen LogP contribution in [-0.4, -0.2) is 145 Å². The van der Waals surface area contributed by atoms with Crippen molar-refractivity contribution in [3.8, 4) is 0 Å². The van der Waals surface area contributed by atoms with Gasteiger partial charge in [0.15, 0.2) is 0 Å². The molecule has 0 aromatic heterocycles. The van der Waals surface area contributed by atoms with E-state index in [1.54, 1.807) is 0 Å². The summed E-state index contributed by atoms with van der Waals surface area (Å²) >= 11 is 0. The maximum Gasteiger partial charge on any atom is 2.00 e. The molecule has 25 heavy (non-hydrogen) atoms. The van der Waals surface area contributed by atoms with E-state index in [1.165, 1.54) is 0 Å². The van der Waals surface area contributed by atoms with E-state index in [4.69, 9.17) is 30.4 Å². The summed E-state index contributed by atoms with van der Waals surface area (Å²) < 4.78 is 94.8. The summed E-state index contributed by atoms with van der Waals surface area (Å²) in [5.41, 5.74) is 0. The molecular weight excluding hydrogens is 423 g/mol. The van der Waals surface area contributed by atoms with Crippen LogP contribution in [0.3, 0.4) is 0 Å². The second-order valence-electron chi connectivity index (χ2n) is 2.67. The third-order valence-electron chi connectivity index (χ3n) is 0.538. The van der Waals surface area contributed by atoms with Crippen LogP contribution < -0.4 is 0 Å². The van der Waals surface area contributed by atoms with E-state index in [0.717, 1.165) is 0 Å². The molecule has 0 radical (unpaired) electrons. The molecule has 19 heteroatoms. The Morgan fingerprint density at radius 3 is 0.560 bits per heavy atom. The van der Waals surface area contributed by atoms with Crippen molar-refractivity contribution in [3.05, 3.63) is 0 Å². The predicted octanol–water partition coefficient (Wildman–Crippen LogP) is -0.896. The minimum Gasteiger partial charge on any atom is -1.00 e. The Morgan fingerprint density at radius 1 is 0.520 bits per heavy atom. The number of hydrogen-bond acceptors (Lipinski definition) is 6. The van der Waals surface area contributed by atoms with E-state index < -0.39 is 45.7 Å². The average molecular weight is 441 g/mol. The molecule has 150 valence electrons. The molecule has 0 saturated carbocycles. The Bertz CT molecular complexity index is 227. The average Bonchev–Trinajstić information content (AvgIpc) is 2.27. The summed E-state index contributed by atoms with van der Waals surface area (Å²) in [6.45, 7) is -5.19. The Labute approximate surface area is 192 Å². The summed E-state index contributed by atoms with van der Waals surface area (Å²) in [6.07, 6.45) is -13.2. The van der Waals surface area contributed by atoms with Gasteiger partial charge in [-0.1, -0.05) is 0 Å². The first-order chi connectivity index (χ1) is 9.41. The van der Waals surface area contributed by atoms with E-state index in [9.17, 15) is 39.5 Å². The summed E-state index contributed by atoms with van der Waals surface area (Å²) in [5.74, 6) is 0. The molecule has 0 fully saturated rings. The van der Waals surface area contributed by atoms with Gasteiger partial charge in [0.25, 0.3) is 0 Å². The Hall–Kier alpha value is 1.49. The fraction of sp³-hybridized carbons (Fsp3) is 1.00. The Kier molecular flexibility index (Phi) is 42.7. The predicted molar refractivity (Wildman–Crippen MR) is 75.8 cm³/mol. The molecular formula is C6H18BF9Mg3O6. The first-order valence-corrected chi connectivity index (χ1v) is 4.48. The summed E-state index contributed by atoms with van der Waals surface area (Å²) in [6, 6.07) is 0. The minimum atomic E-state index is -4.40. The van der Waals surface area contributed by atoms with Gasteiger partial charge in [0.1, 0.15) is 19.8 Å². The smallest absolute Gasteiger partial charge is 1.00 e. The van der Waals surface area contributed by atoms with Crippen LogP contribution in [-0.2, 0) is 0 Å². The van der Waals surface area contributed by atoms with Gasteiger partial charge in [0, 0.05) is 0 Å². The van der Waals surface area contributed by atoms with Crippen molar-refractivity contribution in [2.45, 2.75) is 18.5 Å². The van der Waals surface area contributed by atoms with Crippen molar-refractivity contribution in [2.24, 2.45) is 0 Å². The topological polar surface area (TPSA) is 121 Å². The summed E-state index contributed by atoms with van der Waals surface area (Å²) in [4.78, 5) is 0. The van der Waals surface area contributed by atoms with Crippen molar-refractivity contribution < 1.29 is 78.5 Å². The molecule has 0 bridgehead atoms. The molecule has 0 aliphatic rings. The third-order valence-corrected chi connectivity index (χ3v) is 0.538. The van der Waals surface area contributed by atoms with Crippen LogP contribution in [0, 0.1) is 0 Å². The van der Waals surface area contributed by atoms with E-state index >= 15 is 0 Å². The zero-order valence-corrected chi connectivity index (χ0v) is 16.6. The standard InChI is InChI=1S/3C2H3F3O.BH3O3.3Mg.6H/c3*3-2(4,5)1-6;2-1(3)4;;;;;;;;;/h3*6H,1H2;2-4H;;;;;;;;;/q;;;;3*+2;6*-1. The van der Waals surface area contributed by atoms with Gasteiger partial charge < -0.3 is 39.0 Å². The number of alkyl halides is 9. The number of aliphatic hydroxyl groups is 3. The third kappa shape index (κ3) is 128. The Morgan fingerprint density at radius 2 is 0.560 bits per heavy atom.